The molecular formula is C19H18ClN3O4. The first-order chi connectivity index (χ1) is 13.0. The molecule has 4 rings (SSSR count). The molecule has 1 fully saturated rings. The molecule has 0 bridgehead atoms. The number of halogens is 1. The summed E-state index contributed by atoms with van der Waals surface area (Å²) in [5, 5.41) is 8.57. The van der Waals surface area contributed by atoms with Crippen LogP contribution in [0.5, 0.6) is 5.75 Å². The van der Waals surface area contributed by atoms with Gasteiger partial charge >= 0.3 is 5.97 Å². The normalized spacial score (nSPS) is 18.0. The number of rotatable bonds is 2. The molecular weight excluding hydrogens is 370 g/mol. The third-order valence-electron chi connectivity index (χ3n) is 5.09. The summed E-state index contributed by atoms with van der Waals surface area (Å²) >= 11 is 5.99. The number of anilines is 1. The Balaban J connectivity index is 1.47. The summed E-state index contributed by atoms with van der Waals surface area (Å²) in [6.45, 7) is 1.37. The van der Waals surface area contributed by atoms with Gasteiger partial charge in [0.05, 0.1) is 19.1 Å². The quantitative estimate of drug-likeness (QED) is 0.732. The SMILES string of the molecule is COC(=O)c1ccc(N2CCC3(CC2)CC(=O)c2cc(Cl)ccc2O3)nn1. The van der Waals surface area contributed by atoms with Crippen LogP contribution in [0.2, 0.25) is 5.02 Å². The molecule has 140 valence electrons. The van der Waals surface area contributed by atoms with Crippen molar-refractivity contribution in [3.05, 3.63) is 46.6 Å². The highest BCUT2D eigenvalue weighted by atomic mass is 35.5. The Labute approximate surface area is 161 Å². The molecule has 0 unspecified atom stereocenters. The van der Waals surface area contributed by atoms with Gasteiger partial charge in [-0.1, -0.05) is 11.6 Å². The number of piperidine rings is 1. The average molecular weight is 388 g/mol. The fourth-order valence-corrected chi connectivity index (χ4v) is 3.77. The predicted octanol–water partition coefficient (Wildman–Crippen LogP) is 2.92. The van der Waals surface area contributed by atoms with Crippen molar-refractivity contribution in [3.8, 4) is 5.75 Å². The number of methoxy groups -OCH3 is 1. The van der Waals surface area contributed by atoms with Crippen LogP contribution in [-0.2, 0) is 4.74 Å². The predicted molar refractivity (Wildman–Crippen MR) is 98.6 cm³/mol. The number of benzene rings is 1. The van der Waals surface area contributed by atoms with E-state index in [2.05, 4.69) is 19.8 Å². The van der Waals surface area contributed by atoms with E-state index in [1.165, 1.54) is 7.11 Å². The minimum Gasteiger partial charge on any atom is -0.486 e. The summed E-state index contributed by atoms with van der Waals surface area (Å²) < 4.78 is 10.9. The van der Waals surface area contributed by atoms with E-state index >= 15 is 0 Å². The van der Waals surface area contributed by atoms with Gasteiger partial charge in [-0.2, -0.15) is 0 Å². The molecule has 1 aromatic heterocycles. The number of carbonyl (C=O) groups excluding carboxylic acids is 2. The third-order valence-corrected chi connectivity index (χ3v) is 5.33. The number of nitrogens with zero attached hydrogens (tertiary/aromatic N) is 3. The lowest BCUT2D eigenvalue weighted by Gasteiger charge is -2.44. The van der Waals surface area contributed by atoms with E-state index in [-0.39, 0.29) is 11.5 Å². The number of carbonyl (C=O) groups is 2. The number of fused-ring (bicyclic) bond motifs is 1. The Morgan fingerprint density at radius 2 is 2.00 bits per heavy atom. The maximum absolute atomic E-state index is 12.6. The van der Waals surface area contributed by atoms with Crippen molar-refractivity contribution in [3.63, 3.8) is 0 Å². The first-order valence-electron chi connectivity index (χ1n) is 8.68. The van der Waals surface area contributed by atoms with Crippen molar-refractivity contribution < 1.29 is 19.1 Å². The van der Waals surface area contributed by atoms with Crippen molar-refractivity contribution in [2.24, 2.45) is 0 Å². The zero-order valence-electron chi connectivity index (χ0n) is 14.8. The van der Waals surface area contributed by atoms with Gasteiger partial charge in [0.25, 0.3) is 0 Å². The smallest absolute Gasteiger partial charge is 0.358 e. The summed E-state index contributed by atoms with van der Waals surface area (Å²) in [4.78, 5) is 26.1. The van der Waals surface area contributed by atoms with E-state index in [0.717, 1.165) is 0 Å². The second-order valence-corrected chi connectivity index (χ2v) is 7.22. The average Bonchev–Trinajstić information content (AvgIpc) is 2.69. The molecule has 0 N–H and O–H groups in total. The molecule has 27 heavy (non-hydrogen) atoms. The summed E-state index contributed by atoms with van der Waals surface area (Å²) in [6.07, 6.45) is 1.74. The lowest BCUT2D eigenvalue weighted by atomic mass is 9.82. The molecule has 0 radical (unpaired) electrons. The fraction of sp³-hybridized carbons (Fsp3) is 0.368. The van der Waals surface area contributed by atoms with Crippen molar-refractivity contribution in [2.75, 3.05) is 25.1 Å². The van der Waals surface area contributed by atoms with Crippen LogP contribution in [0.4, 0.5) is 5.82 Å². The van der Waals surface area contributed by atoms with E-state index in [9.17, 15) is 9.59 Å². The first-order valence-corrected chi connectivity index (χ1v) is 9.06. The molecule has 0 aliphatic carbocycles. The zero-order valence-corrected chi connectivity index (χ0v) is 15.5. The Morgan fingerprint density at radius 1 is 1.22 bits per heavy atom. The number of Topliss-reactive ketones (excluding diaryl/α,β-unsaturated/α-hetero) is 1. The summed E-state index contributed by atoms with van der Waals surface area (Å²) in [6, 6.07) is 8.51. The van der Waals surface area contributed by atoms with Crippen LogP contribution in [0, 0.1) is 0 Å². The number of hydrogen-bond donors (Lipinski definition) is 0. The van der Waals surface area contributed by atoms with Gasteiger partial charge in [0.15, 0.2) is 17.3 Å². The van der Waals surface area contributed by atoms with Gasteiger partial charge in [0, 0.05) is 31.0 Å². The third kappa shape index (κ3) is 3.35. The highest BCUT2D eigenvalue weighted by Crippen LogP contribution is 2.40. The van der Waals surface area contributed by atoms with E-state index in [0.29, 0.717) is 54.5 Å². The molecule has 2 aromatic rings. The Kier molecular flexibility index (Phi) is 4.47. The number of aromatic nitrogens is 2. The molecule has 1 saturated heterocycles. The van der Waals surface area contributed by atoms with Gasteiger partial charge in [0.2, 0.25) is 0 Å². The summed E-state index contributed by atoms with van der Waals surface area (Å²) in [5.74, 6) is 0.840. The topological polar surface area (TPSA) is 81.6 Å². The van der Waals surface area contributed by atoms with Gasteiger partial charge in [-0.25, -0.2) is 4.79 Å². The minimum absolute atomic E-state index is 0.0643. The van der Waals surface area contributed by atoms with E-state index in [1.54, 1.807) is 30.3 Å². The maximum atomic E-state index is 12.6. The van der Waals surface area contributed by atoms with Crippen molar-refractivity contribution in [1.29, 1.82) is 0 Å². The number of esters is 1. The van der Waals surface area contributed by atoms with Gasteiger partial charge in [-0.3, -0.25) is 4.79 Å². The molecule has 1 spiro atoms. The van der Waals surface area contributed by atoms with Crippen LogP contribution in [0.3, 0.4) is 0 Å². The molecule has 0 amide bonds. The van der Waals surface area contributed by atoms with Crippen LogP contribution >= 0.6 is 11.6 Å². The molecule has 7 nitrogen and oxygen atoms in total. The molecule has 0 atom stereocenters. The zero-order chi connectivity index (χ0) is 19.0. The fourth-order valence-electron chi connectivity index (χ4n) is 3.60. The number of ketones is 1. The number of hydrogen-bond acceptors (Lipinski definition) is 7. The minimum atomic E-state index is -0.514. The highest BCUT2D eigenvalue weighted by Gasteiger charge is 2.43. The van der Waals surface area contributed by atoms with E-state index in [1.807, 2.05) is 0 Å². The largest absolute Gasteiger partial charge is 0.486 e. The first kappa shape index (κ1) is 17.7. The number of ether oxygens (including phenoxy) is 2. The monoisotopic (exact) mass is 387 g/mol. The van der Waals surface area contributed by atoms with Gasteiger partial charge in [-0.15, -0.1) is 10.2 Å². The van der Waals surface area contributed by atoms with Crippen LogP contribution in [0.15, 0.2) is 30.3 Å². The second kappa shape index (κ2) is 6.81. The molecule has 1 aromatic carbocycles. The lowest BCUT2D eigenvalue weighted by Crippen LogP contribution is -2.51. The lowest BCUT2D eigenvalue weighted by molar-refractivity contribution is 0.0231. The molecule has 3 heterocycles. The second-order valence-electron chi connectivity index (χ2n) is 6.78. The molecule has 0 saturated carbocycles. The van der Waals surface area contributed by atoms with Crippen molar-refractivity contribution in [1.82, 2.24) is 10.2 Å². The Morgan fingerprint density at radius 3 is 2.67 bits per heavy atom. The molecule has 8 heteroatoms. The Bertz CT molecular complexity index is 892. The standard InChI is InChI=1S/C19H18ClN3O4/c1-26-18(25)14-3-5-17(22-21-14)23-8-6-19(7-9-23)11-15(24)13-10-12(20)2-4-16(13)27-19/h2-5,10H,6-9,11H2,1H3. The van der Waals surface area contributed by atoms with Crippen LogP contribution < -0.4 is 9.64 Å². The van der Waals surface area contributed by atoms with Gasteiger partial charge in [0.1, 0.15) is 11.4 Å². The summed E-state index contributed by atoms with van der Waals surface area (Å²) in [5.41, 5.74) is 0.236. The van der Waals surface area contributed by atoms with Gasteiger partial charge < -0.3 is 14.4 Å². The van der Waals surface area contributed by atoms with E-state index < -0.39 is 11.6 Å². The maximum Gasteiger partial charge on any atom is 0.358 e. The molecule has 2 aliphatic rings. The van der Waals surface area contributed by atoms with Crippen LogP contribution in [0.1, 0.15) is 40.1 Å². The van der Waals surface area contributed by atoms with Crippen LogP contribution in [-0.4, -0.2) is 47.8 Å². The van der Waals surface area contributed by atoms with E-state index in [4.69, 9.17) is 16.3 Å². The Hall–Kier alpha value is -2.67. The van der Waals surface area contributed by atoms with Crippen molar-refractivity contribution in [2.45, 2.75) is 24.9 Å². The molecule has 2 aliphatic heterocycles. The van der Waals surface area contributed by atoms with Crippen molar-refractivity contribution >= 4 is 29.2 Å². The summed E-state index contributed by atoms with van der Waals surface area (Å²) in [7, 11) is 1.31. The van der Waals surface area contributed by atoms with Gasteiger partial charge in [-0.05, 0) is 30.3 Å². The van der Waals surface area contributed by atoms with Crippen LogP contribution in [0.25, 0.3) is 0 Å². The highest BCUT2D eigenvalue weighted by molar-refractivity contribution is 6.31.